The second-order valence-electron chi connectivity index (χ2n) is 6.46. The van der Waals surface area contributed by atoms with Crippen molar-refractivity contribution in [2.45, 2.75) is 43.7 Å². The average molecular weight is 313 g/mol. The lowest BCUT2D eigenvalue weighted by Gasteiger charge is -2.12. The summed E-state index contributed by atoms with van der Waals surface area (Å²) in [6.07, 6.45) is 3.87. The summed E-state index contributed by atoms with van der Waals surface area (Å²) >= 11 is 1.32. The van der Waals surface area contributed by atoms with E-state index in [9.17, 15) is 13.5 Å². The molecule has 0 aromatic carbocycles. The Kier molecular flexibility index (Phi) is 2.84. The zero-order valence-electron chi connectivity index (χ0n) is 11.4. The molecular formula is C14H19NO3S2. The number of aryl methyl sites for hydroxylation is 1. The third kappa shape index (κ3) is 1.75. The van der Waals surface area contributed by atoms with Crippen molar-refractivity contribution in [2.24, 2.45) is 23.7 Å². The minimum Gasteiger partial charge on any atom is -0.391 e. The van der Waals surface area contributed by atoms with E-state index in [1.165, 1.54) is 30.6 Å². The van der Waals surface area contributed by atoms with E-state index in [0.717, 1.165) is 17.4 Å². The molecule has 0 saturated heterocycles. The van der Waals surface area contributed by atoms with E-state index in [0.29, 0.717) is 21.6 Å². The van der Waals surface area contributed by atoms with Gasteiger partial charge in [0.25, 0.3) is 0 Å². The highest BCUT2D eigenvalue weighted by Gasteiger charge is 2.65. The lowest BCUT2D eigenvalue weighted by molar-refractivity contribution is 0.282. The van der Waals surface area contributed by atoms with Gasteiger partial charge in [-0.2, -0.15) is 0 Å². The van der Waals surface area contributed by atoms with Crippen LogP contribution in [0.15, 0.2) is 10.3 Å². The van der Waals surface area contributed by atoms with E-state index in [2.05, 4.69) is 4.72 Å². The average Bonchev–Trinajstić information content (AvgIpc) is 2.81. The lowest BCUT2D eigenvalue weighted by atomic mass is 10.0. The zero-order valence-corrected chi connectivity index (χ0v) is 13.0. The fourth-order valence-corrected chi connectivity index (χ4v) is 7.64. The van der Waals surface area contributed by atoms with Crippen LogP contribution in [0.25, 0.3) is 0 Å². The van der Waals surface area contributed by atoms with E-state index in [-0.39, 0.29) is 12.6 Å². The largest absolute Gasteiger partial charge is 0.391 e. The first-order chi connectivity index (χ1) is 9.53. The van der Waals surface area contributed by atoms with Gasteiger partial charge in [0.15, 0.2) is 0 Å². The molecule has 4 nitrogen and oxygen atoms in total. The molecule has 2 bridgehead atoms. The predicted molar refractivity (Wildman–Crippen MR) is 76.9 cm³/mol. The van der Waals surface area contributed by atoms with E-state index in [4.69, 9.17) is 0 Å². The van der Waals surface area contributed by atoms with Crippen molar-refractivity contribution in [1.29, 1.82) is 0 Å². The Labute approximate surface area is 123 Å². The number of rotatable bonds is 4. The van der Waals surface area contributed by atoms with Gasteiger partial charge in [-0.25, -0.2) is 13.1 Å². The third-order valence-electron chi connectivity index (χ3n) is 5.43. The zero-order chi connectivity index (χ0) is 14.1. The molecule has 3 aliphatic carbocycles. The van der Waals surface area contributed by atoms with Crippen LogP contribution < -0.4 is 4.72 Å². The number of fused-ring (bicyclic) bond motifs is 5. The molecule has 4 atom stereocenters. The minimum absolute atomic E-state index is 0.150. The first-order valence-corrected chi connectivity index (χ1v) is 9.59. The number of nitrogens with one attached hydrogen (secondary N) is 1. The van der Waals surface area contributed by atoms with E-state index in [1.54, 1.807) is 12.3 Å². The van der Waals surface area contributed by atoms with Crippen molar-refractivity contribution in [3.8, 4) is 0 Å². The maximum absolute atomic E-state index is 12.6. The molecule has 3 saturated carbocycles. The van der Waals surface area contributed by atoms with Crippen LogP contribution in [0.4, 0.5) is 0 Å². The molecule has 4 rings (SSSR count). The van der Waals surface area contributed by atoms with Crippen molar-refractivity contribution in [2.75, 3.05) is 0 Å². The lowest BCUT2D eigenvalue weighted by Crippen LogP contribution is -2.30. The first-order valence-electron chi connectivity index (χ1n) is 7.23. The second kappa shape index (κ2) is 4.29. The van der Waals surface area contributed by atoms with Crippen LogP contribution >= 0.6 is 11.3 Å². The van der Waals surface area contributed by atoms with E-state index >= 15 is 0 Å². The molecule has 110 valence electrons. The van der Waals surface area contributed by atoms with Crippen LogP contribution in [-0.4, -0.2) is 19.6 Å². The summed E-state index contributed by atoms with van der Waals surface area (Å²) in [5.74, 6) is 2.66. The standard InChI is InChI=1S/C14H19NO3S2/c1-7-6-19-10(5-16)14(7)20(17,18)15-13-11-8-2-3-9(4-8)12(11)13/h6,8-9,11-13,15-16H,2-5H2,1H3. The summed E-state index contributed by atoms with van der Waals surface area (Å²) in [6.45, 7) is 1.58. The van der Waals surface area contributed by atoms with E-state index in [1.807, 2.05) is 0 Å². The third-order valence-corrected chi connectivity index (χ3v) is 8.33. The Morgan fingerprint density at radius 1 is 1.35 bits per heavy atom. The van der Waals surface area contributed by atoms with Gasteiger partial charge in [-0.3, -0.25) is 0 Å². The number of hydrogen-bond donors (Lipinski definition) is 2. The second-order valence-corrected chi connectivity index (χ2v) is 9.08. The highest BCUT2D eigenvalue weighted by atomic mass is 32.2. The molecule has 2 N–H and O–H groups in total. The SMILES string of the molecule is Cc1csc(CO)c1S(=O)(=O)NC1C2C3CCC(C3)C12. The van der Waals surface area contributed by atoms with Gasteiger partial charge in [0.2, 0.25) is 10.0 Å². The molecule has 6 heteroatoms. The van der Waals surface area contributed by atoms with Gasteiger partial charge in [-0.05, 0) is 60.8 Å². The molecule has 0 amide bonds. The Balaban J connectivity index is 1.58. The van der Waals surface area contributed by atoms with Crippen LogP contribution in [-0.2, 0) is 16.6 Å². The number of hydrogen-bond acceptors (Lipinski definition) is 4. The number of sulfonamides is 1. The monoisotopic (exact) mass is 313 g/mol. The van der Waals surface area contributed by atoms with Crippen LogP contribution in [0.1, 0.15) is 29.7 Å². The van der Waals surface area contributed by atoms with Crippen molar-refractivity contribution in [1.82, 2.24) is 4.72 Å². The summed E-state index contributed by atoms with van der Waals surface area (Å²) in [6, 6.07) is 0.150. The highest BCUT2D eigenvalue weighted by molar-refractivity contribution is 7.89. The van der Waals surface area contributed by atoms with Crippen molar-refractivity contribution >= 4 is 21.4 Å². The molecule has 1 aromatic rings. The number of thiophene rings is 1. The minimum atomic E-state index is -3.49. The maximum Gasteiger partial charge on any atom is 0.242 e. The summed E-state index contributed by atoms with van der Waals surface area (Å²) in [5, 5.41) is 11.1. The van der Waals surface area contributed by atoms with Crippen molar-refractivity contribution in [3.63, 3.8) is 0 Å². The Morgan fingerprint density at radius 2 is 2.00 bits per heavy atom. The molecule has 3 aliphatic rings. The van der Waals surface area contributed by atoms with Crippen LogP contribution in [0.2, 0.25) is 0 Å². The number of aliphatic hydroxyl groups is 1. The van der Waals surface area contributed by atoms with Crippen LogP contribution in [0.5, 0.6) is 0 Å². The molecule has 3 fully saturated rings. The molecule has 1 heterocycles. The van der Waals surface area contributed by atoms with Gasteiger partial charge in [-0.1, -0.05) is 0 Å². The summed E-state index contributed by atoms with van der Waals surface area (Å²) in [4.78, 5) is 0.853. The normalized spacial score (nSPS) is 38.2. The predicted octanol–water partition coefficient (Wildman–Crippen LogP) is 1.87. The number of aliphatic hydroxyl groups excluding tert-OH is 1. The van der Waals surface area contributed by atoms with Crippen molar-refractivity contribution < 1.29 is 13.5 Å². The van der Waals surface area contributed by atoms with Gasteiger partial charge in [0, 0.05) is 6.04 Å². The highest BCUT2D eigenvalue weighted by Crippen LogP contribution is 2.65. The maximum atomic E-state index is 12.6. The van der Waals surface area contributed by atoms with Gasteiger partial charge in [0.05, 0.1) is 11.5 Å². The fourth-order valence-electron chi connectivity index (χ4n) is 4.68. The molecule has 4 unspecified atom stereocenters. The molecule has 1 aromatic heterocycles. The fraction of sp³-hybridized carbons (Fsp3) is 0.714. The Bertz CT molecular complexity index is 635. The molecular weight excluding hydrogens is 294 g/mol. The Morgan fingerprint density at radius 3 is 2.60 bits per heavy atom. The topological polar surface area (TPSA) is 66.4 Å². The smallest absolute Gasteiger partial charge is 0.242 e. The van der Waals surface area contributed by atoms with Crippen molar-refractivity contribution in [3.05, 3.63) is 15.8 Å². The van der Waals surface area contributed by atoms with Gasteiger partial charge < -0.3 is 5.11 Å². The van der Waals surface area contributed by atoms with Gasteiger partial charge in [-0.15, -0.1) is 11.3 Å². The molecule has 0 aliphatic heterocycles. The molecule has 0 spiro atoms. The molecule has 20 heavy (non-hydrogen) atoms. The summed E-state index contributed by atoms with van der Waals surface area (Å²) in [5.41, 5.74) is 0.736. The summed E-state index contributed by atoms with van der Waals surface area (Å²) < 4.78 is 28.1. The molecule has 0 radical (unpaired) electrons. The first kappa shape index (κ1) is 13.2. The van der Waals surface area contributed by atoms with E-state index < -0.39 is 10.0 Å². The quantitative estimate of drug-likeness (QED) is 0.892. The van der Waals surface area contributed by atoms with Crippen LogP contribution in [0.3, 0.4) is 0 Å². The van der Waals surface area contributed by atoms with Gasteiger partial charge in [0.1, 0.15) is 4.90 Å². The summed E-state index contributed by atoms with van der Waals surface area (Å²) in [7, 11) is -3.49. The van der Waals surface area contributed by atoms with Crippen LogP contribution in [0, 0.1) is 30.6 Å². The Hall–Kier alpha value is -0.430. The van der Waals surface area contributed by atoms with Gasteiger partial charge >= 0.3 is 0 Å².